The van der Waals surface area contributed by atoms with Crippen molar-refractivity contribution >= 4 is 46.0 Å². The predicted molar refractivity (Wildman–Crippen MR) is 168 cm³/mol. The molecule has 11 heteroatoms. The normalized spacial score (nSPS) is 15.0. The number of piperazine rings is 1. The van der Waals surface area contributed by atoms with E-state index in [-0.39, 0.29) is 23.8 Å². The molecule has 4 rings (SSSR count). The van der Waals surface area contributed by atoms with Crippen LogP contribution >= 0.6 is 23.1 Å². The Bertz CT molecular complexity index is 1470. The second-order valence-corrected chi connectivity index (χ2v) is 12.7. The van der Waals surface area contributed by atoms with Crippen LogP contribution in [0.3, 0.4) is 0 Å². The number of carbonyl (C=O) groups excluding carboxylic acids is 3. The quantitative estimate of drug-likeness (QED) is 0.318. The minimum atomic E-state index is -0.213. The number of benzene rings is 2. The van der Waals surface area contributed by atoms with Gasteiger partial charge in [-0.1, -0.05) is 48.7 Å². The van der Waals surface area contributed by atoms with E-state index in [9.17, 15) is 14.4 Å². The first kappa shape index (κ1) is 31.3. The van der Waals surface area contributed by atoms with Gasteiger partial charge in [0, 0.05) is 42.7 Å². The van der Waals surface area contributed by atoms with Crippen molar-refractivity contribution in [3.05, 3.63) is 77.5 Å². The highest BCUT2D eigenvalue weighted by molar-refractivity contribution is 8.01. The van der Waals surface area contributed by atoms with Gasteiger partial charge in [0.05, 0.1) is 23.1 Å². The Morgan fingerprint density at radius 3 is 2.71 bits per heavy atom. The summed E-state index contributed by atoms with van der Waals surface area (Å²) >= 11 is 2.86. The summed E-state index contributed by atoms with van der Waals surface area (Å²) in [6, 6.07) is 11.2. The molecule has 0 bridgehead atoms. The monoisotopic (exact) mass is 607 g/mol. The van der Waals surface area contributed by atoms with Crippen LogP contribution in [0.25, 0.3) is 0 Å². The van der Waals surface area contributed by atoms with Gasteiger partial charge in [0.2, 0.25) is 5.91 Å². The minimum absolute atomic E-state index is 0.0697. The average Bonchev–Trinajstić information content (AvgIpc) is 3.43. The third-order valence-corrected chi connectivity index (χ3v) is 9.20. The number of aryl methyl sites for hydroxylation is 1. The van der Waals surface area contributed by atoms with Crippen LogP contribution in [0.2, 0.25) is 0 Å². The first-order valence-corrected chi connectivity index (χ1v) is 15.4. The molecular weight excluding hydrogens is 571 g/mol. The standard InChI is InChI=1S/C31H37N5O4S2/c1-7-23-19-35(12-13-36(23)27(37)8-2)30(39)24-16-26(20(3)14-25(24)40-6)41-28-17-32-31(42-28)33-29(38)22-11-9-10-21(15-22)18-34(4)5/h8-11,14-17,23H,2,7,12-13,18-19H2,1,3-6H3,(H,32,33,38)/t23-/m1/s1. The lowest BCUT2D eigenvalue weighted by atomic mass is 10.1. The van der Waals surface area contributed by atoms with Gasteiger partial charge in [-0.05, 0) is 68.9 Å². The third-order valence-electron chi connectivity index (χ3n) is 7.03. The topological polar surface area (TPSA) is 95.1 Å². The van der Waals surface area contributed by atoms with Crippen LogP contribution in [-0.2, 0) is 11.3 Å². The molecule has 9 nitrogen and oxygen atoms in total. The van der Waals surface area contributed by atoms with Gasteiger partial charge in [-0.25, -0.2) is 4.98 Å². The van der Waals surface area contributed by atoms with Crippen molar-refractivity contribution in [2.75, 3.05) is 46.2 Å². The number of hydrogen-bond acceptors (Lipinski definition) is 8. The van der Waals surface area contributed by atoms with Crippen molar-refractivity contribution in [3.8, 4) is 5.75 Å². The lowest BCUT2D eigenvalue weighted by Crippen LogP contribution is -2.56. The molecule has 2 heterocycles. The van der Waals surface area contributed by atoms with Gasteiger partial charge >= 0.3 is 0 Å². The summed E-state index contributed by atoms with van der Waals surface area (Å²) in [5.41, 5.74) is 3.06. The first-order chi connectivity index (χ1) is 20.1. The van der Waals surface area contributed by atoms with Crippen LogP contribution in [-0.4, -0.2) is 84.3 Å². The molecule has 1 aliphatic heterocycles. The molecule has 0 unspecified atom stereocenters. The Labute approximate surface area is 255 Å². The zero-order valence-electron chi connectivity index (χ0n) is 24.7. The Kier molecular flexibility index (Phi) is 10.4. The number of hydrogen-bond donors (Lipinski definition) is 1. The Balaban J connectivity index is 1.48. The highest BCUT2D eigenvalue weighted by Crippen LogP contribution is 2.38. The summed E-state index contributed by atoms with van der Waals surface area (Å²) in [7, 11) is 5.53. The number of methoxy groups -OCH3 is 1. The van der Waals surface area contributed by atoms with Crippen molar-refractivity contribution in [2.45, 2.75) is 42.0 Å². The fraction of sp³-hybridized carbons (Fsp3) is 0.355. The van der Waals surface area contributed by atoms with Crippen LogP contribution in [0.5, 0.6) is 5.75 Å². The number of aromatic nitrogens is 1. The predicted octanol–water partition coefficient (Wildman–Crippen LogP) is 5.17. The summed E-state index contributed by atoms with van der Waals surface area (Å²) in [6.45, 7) is 9.67. The number of ether oxygens (including phenoxy) is 1. The molecule has 2 aromatic carbocycles. The van der Waals surface area contributed by atoms with E-state index >= 15 is 0 Å². The van der Waals surface area contributed by atoms with E-state index in [1.807, 2.05) is 58.3 Å². The number of rotatable bonds is 10. The number of nitrogens with one attached hydrogen (secondary N) is 1. The molecule has 0 saturated carbocycles. The van der Waals surface area contributed by atoms with Crippen molar-refractivity contribution in [2.24, 2.45) is 0 Å². The van der Waals surface area contributed by atoms with E-state index in [1.165, 1.54) is 29.2 Å². The summed E-state index contributed by atoms with van der Waals surface area (Å²) in [4.78, 5) is 49.8. The molecule has 1 fully saturated rings. The molecule has 1 aliphatic rings. The van der Waals surface area contributed by atoms with E-state index in [4.69, 9.17) is 4.74 Å². The minimum Gasteiger partial charge on any atom is -0.496 e. The molecule has 0 radical (unpaired) electrons. The van der Waals surface area contributed by atoms with Crippen LogP contribution in [0.4, 0.5) is 5.13 Å². The maximum atomic E-state index is 13.7. The van der Waals surface area contributed by atoms with Crippen LogP contribution in [0.15, 0.2) is 64.4 Å². The highest BCUT2D eigenvalue weighted by Gasteiger charge is 2.32. The SMILES string of the molecule is C=CC(=O)N1CCN(C(=O)c2cc(Sc3cnc(NC(=O)c4cccc(CN(C)C)c4)s3)c(C)cc2OC)C[C@H]1CC. The molecule has 1 atom stereocenters. The Hall–Kier alpha value is -3.67. The van der Waals surface area contributed by atoms with E-state index in [0.29, 0.717) is 41.6 Å². The lowest BCUT2D eigenvalue weighted by molar-refractivity contribution is -0.130. The Morgan fingerprint density at radius 1 is 1.24 bits per heavy atom. The van der Waals surface area contributed by atoms with Crippen molar-refractivity contribution < 1.29 is 19.1 Å². The average molecular weight is 608 g/mol. The van der Waals surface area contributed by atoms with Gasteiger partial charge in [-0.3, -0.25) is 19.7 Å². The molecule has 1 N–H and O–H groups in total. The lowest BCUT2D eigenvalue weighted by Gasteiger charge is -2.41. The van der Waals surface area contributed by atoms with Gasteiger partial charge in [0.15, 0.2) is 5.13 Å². The first-order valence-electron chi connectivity index (χ1n) is 13.7. The van der Waals surface area contributed by atoms with Crippen LogP contribution < -0.4 is 10.1 Å². The summed E-state index contributed by atoms with van der Waals surface area (Å²) in [5.74, 6) is 0.0497. The number of nitrogens with zero attached hydrogens (tertiary/aromatic N) is 4. The van der Waals surface area contributed by atoms with E-state index in [2.05, 4.69) is 21.8 Å². The van der Waals surface area contributed by atoms with E-state index in [0.717, 1.165) is 33.2 Å². The Morgan fingerprint density at radius 2 is 2.02 bits per heavy atom. The van der Waals surface area contributed by atoms with Crippen molar-refractivity contribution in [1.82, 2.24) is 19.7 Å². The molecule has 42 heavy (non-hydrogen) atoms. The summed E-state index contributed by atoms with van der Waals surface area (Å²) in [6.07, 6.45) is 3.79. The van der Waals surface area contributed by atoms with E-state index < -0.39 is 0 Å². The fourth-order valence-electron chi connectivity index (χ4n) is 4.89. The maximum Gasteiger partial charge on any atom is 0.257 e. The zero-order chi connectivity index (χ0) is 30.4. The molecule has 222 valence electrons. The fourth-order valence-corrected chi connectivity index (χ4v) is 6.83. The number of amides is 3. The second-order valence-electron chi connectivity index (χ2n) is 10.3. The molecule has 3 aromatic rings. The van der Waals surface area contributed by atoms with Gasteiger partial charge in [0.25, 0.3) is 11.8 Å². The largest absolute Gasteiger partial charge is 0.496 e. The molecule has 0 aliphatic carbocycles. The summed E-state index contributed by atoms with van der Waals surface area (Å²) in [5, 5.41) is 3.40. The molecular formula is C31H37N5O4S2. The van der Waals surface area contributed by atoms with Gasteiger partial charge < -0.3 is 19.4 Å². The molecule has 1 saturated heterocycles. The van der Waals surface area contributed by atoms with E-state index in [1.54, 1.807) is 29.2 Å². The second kappa shape index (κ2) is 14.0. The third kappa shape index (κ3) is 7.39. The number of thiazole rings is 1. The van der Waals surface area contributed by atoms with Crippen LogP contribution in [0, 0.1) is 6.92 Å². The number of carbonyl (C=O) groups is 3. The smallest absolute Gasteiger partial charge is 0.257 e. The van der Waals surface area contributed by atoms with Crippen molar-refractivity contribution in [3.63, 3.8) is 0 Å². The van der Waals surface area contributed by atoms with Gasteiger partial charge in [-0.15, -0.1) is 0 Å². The summed E-state index contributed by atoms with van der Waals surface area (Å²) < 4.78 is 6.47. The zero-order valence-corrected chi connectivity index (χ0v) is 26.3. The highest BCUT2D eigenvalue weighted by atomic mass is 32.2. The van der Waals surface area contributed by atoms with Gasteiger partial charge in [-0.2, -0.15) is 0 Å². The number of anilines is 1. The van der Waals surface area contributed by atoms with Crippen LogP contribution in [0.1, 0.15) is 45.2 Å². The van der Waals surface area contributed by atoms with Crippen molar-refractivity contribution in [1.29, 1.82) is 0 Å². The maximum absolute atomic E-state index is 13.7. The molecule has 3 amide bonds. The van der Waals surface area contributed by atoms with Gasteiger partial charge in [0.1, 0.15) is 5.75 Å². The molecule has 1 aromatic heterocycles. The molecule has 0 spiro atoms.